The van der Waals surface area contributed by atoms with Crippen LogP contribution in [0.4, 0.5) is 0 Å². The van der Waals surface area contributed by atoms with Crippen molar-refractivity contribution in [1.29, 1.82) is 0 Å². The van der Waals surface area contributed by atoms with Crippen LogP contribution in [-0.2, 0) is 34.2 Å². The van der Waals surface area contributed by atoms with E-state index < -0.39 is 0 Å². The number of hydrogen-bond donors (Lipinski definition) is 0. The number of hydrogen-bond acceptors (Lipinski definition) is 0. The van der Waals surface area contributed by atoms with E-state index in [4.69, 9.17) is 0 Å². The average Bonchev–Trinajstić information content (AvgIpc) is 3.21. The van der Waals surface area contributed by atoms with Gasteiger partial charge in [0.2, 0.25) is 0 Å². The Bertz CT molecular complexity index is 1080. The minimum Gasteiger partial charge on any atom is -1.00 e. The molecule has 3 aromatic carbocycles. The molecule has 184 valence electrons. The summed E-state index contributed by atoms with van der Waals surface area (Å²) in [5.41, 5.74) is 4.69. The van der Waals surface area contributed by atoms with E-state index in [0.29, 0.717) is 5.92 Å². The normalized spacial score (nSPS) is 14.8. The number of rotatable bonds is 0. The van der Waals surface area contributed by atoms with Crippen molar-refractivity contribution < 1.29 is 48.1 Å². The van der Waals surface area contributed by atoms with Gasteiger partial charge >= 0.3 is 41.9 Å². The van der Waals surface area contributed by atoms with Crippen molar-refractivity contribution in [1.82, 2.24) is 0 Å². The smallest absolute Gasteiger partial charge is 1.00 e. The summed E-state index contributed by atoms with van der Waals surface area (Å²) in [7, 11) is 0. The Kier molecular flexibility index (Phi) is 13.5. The van der Waals surface area contributed by atoms with Gasteiger partial charge in [-0.25, -0.2) is 11.6 Å². The fourth-order valence-electron chi connectivity index (χ4n) is 3.70. The molecule has 1 aliphatic carbocycles. The first-order valence-corrected chi connectivity index (χ1v) is 17.8. The molecule has 0 aromatic heterocycles. The number of fused-ring (bicyclic) bond motifs is 3. The number of halogens is 2. The van der Waals surface area contributed by atoms with Crippen LogP contribution >= 0.6 is 0 Å². The Hall–Kier alpha value is -0.530. The molecule has 34 heavy (non-hydrogen) atoms. The molecule has 4 heteroatoms. The van der Waals surface area contributed by atoms with Crippen molar-refractivity contribution in [2.45, 2.75) is 79.3 Å². The van der Waals surface area contributed by atoms with Gasteiger partial charge in [0.25, 0.3) is 0 Å². The predicted molar refractivity (Wildman–Crippen MR) is 143 cm³/mol. The predicted octanol–water partition coefficient (Wildman–Crippen LogP) is 3.04. The first-order chi connectivity index (χ1) is 14.7. The van der Waals surface area contributed by atoms with Crippen LogP contribution in [0, 0.1) is 12.0 Å². The molecule has 3 aromatic rings. The van der Waals surface area contributed by atoms with Crippen LogP contribution in [-0.4, -0.2) is 5.43 Å². The Morgan fingerprint density at radius 1 is 0.824 bits per heavy atom. The Morgan fingerprint density at radius 2 is 1.21 bits per heavy atom. The van der Waals surface area contributed by atoms with Crippen LogP contribution in [0.3, 0.4) is 0 Å². The molecule has 4 rings (SSSR count). The molecule has 0 heterocycles. The van der Waals surface area contributed by atoms with E-state index in [1.54, 1.807) is 23.3 Å². The zero-order chi connectivity index (χ0) is 24.3. The second-order valence-corrected chi connectivity index (χ2v) is 20.6. The standard InChI is InChI=1S/C21H25.C7H9.C2H6Si.2ClH.Zr/c1-20(2,3)16-7-9-18-14(12-16)11-15-13-17(21(4,5)6)8-10-19(15)18;1-6-3-4-7(2)5-6;1-3-2;;;/h7-13H,1-6H3;3-4,6H,1-2H3;1-2H3;2*1H;/q2*-1;;;;+2/p-2. The minimum atomic E-state index is 0. The number of benzene rings is 2. The molecule has 0 N–H and O–H groups in total. The molecule has 0 bridgehead atoms. The largest absolute Gasteiger partial charge is 1.00 e. The molecular weight excluding hydrogens is 551 g/mol. The first kappa shape index (κ1) is 33.5. The van der Waals surface area contributed by atoms with Crippen molar-refractivity contribution >= 4 is 27.0 Å². The van der Waals surface area contributed by atoms with Crippen molar-refractivity contribution in [3.8, 4) is 0 Å². The van der Waals surface area contributed by atoms with Gasteiger partial charge in [0.1, 0.15) is 0 Å². The third kappa shape index (κ3) is 9.85. The first-order valence-electron chi connectivity index (χ1n) is 11.6. The van der Waals surface area contributed by atoms with Gasteiger partial charge in [-0.3, -0.25) is 6.08 Å². The summed E-state index contributed by atoms with van der Waals surface area (Å²) < 4.78 is 0. The molecule has 0 nitrogen and oxygen atoms in total. The molecule has 0 saturated carbocycles. The van der Waals surface area contributed by atoms with Crippen molar-refractivity contribution in [2.24, 2.45) is 5.92 Å². The molecule has 1 aliphatic rings. The summed E-state index contributed by atoms with van der Waals surface area (Å²) in [6, 6.07) is 16.2. The van der Waals surface area contributed by atoms with E-state index in [1.807, 2.05) is 0 Å². The van der Waals surface area contributed by atoms with Gasteiger partial charge in [-0.15, -0.1) is 39.7 Å². The van der Waals surface area contributed by atoms with E-state index in [-0.39, 0.29) is 41.1 Å². The van der Waals surface area contributed by atoms with Crippen molar-refractivity contribution in [3.05, 3.63) is 77.4 Å². The molecule has 1 unspecified atom stereocenters. The van der Waals surface area contributed by atoms with Gasteiger partial charge in [-0.05, 0) is 10.8 Å². The molecule has 0 spiro atoms. The van der Waals surface area contributed by atoms with Crippen molar-refractivity contribution in [3.63, 3.8) is 0 Å². The topological polar surface area (TPSA) is 0 Å². The minimum absolute atomic E-state index is 0. The van der Waals surface area contributed by atoms with E-state index in [0.717, 1.165) is 0 Å². The SMILES string of the molecule is CC(C)(C)c1ccc2c(c1)[cH-]c1cc(C(C)(C)C)ccc12.CC1=[C-]C(C)C=C1.C[Si](C)=[Zr+2].[Cl-].[Cl-]. The van der Waals surface area contributed by atoms with Crippen LogP contribution in [0.25, 0.3) is 21.5 Å². The van der Waals surface area contributed by atoms with Crippen LogP contribution < -0.4 is 24.8 Å². The van der Waals surface area contributed by atoms with Gasteiger partial charge in [0.15, 0.2) is 0 Å². The van der Waals surface area contributed by atoms with E-state index >= 15 is 0 Å². The Morgan fingerprint density at radius 3 is 1.44 bits per heavy atom. The summed E-state index contributed by atoms with van der Waals surface area (Å²) in [6.07, 6.45) is 7.47. The molecule has 0 radical (unpaired) electrons. The van der Waals surface area contributed by atoms with Gasteiger partial charge < -0.3 is 24.8 Å². The summed E-state index contributed by atoms with van der Waals surface area (Å²) in [4.78, 5) is 0. The van der Waals surface area contributed by atoms with Crippen LogP contribution in [0.15, 0.2) is 60.2 Å². The molecule has 0 fully saturated rings. The van der Waals surface area contributed by atoms with E-state index in [2.05, 4.69) is 129 Å². The third-order valence-corrected chi connectivity index (χ3v) is 5.53. The summed E-state index contributed by atoms with van der Waals surface area (Å²) in [5.74, 6) is 0.556. The average molecular weight is 591 g/mol. The second kappa shape index (κ2) is 13.7. The molecule has 1 atom stereocenters. The summed E-state index contributed by atoms with van der Waals surface area (Å²) in [5, 5.41) is 5.48. The van der Waals surface area contributed by atoms with Gasteiger partial charge in [-0.1, -0.05) is 96.7 Å². The van der Waals surface area contributed by atoms with E-state index in [1.165, 1.54) is 38.2 Å². The maximum Gasteiger partial charge on any atom is -1.00 e. The second-order valence-electron chi connectivity index (χ2n) is 11.2. The molecular formula is C30H40Cl2SiZr-2. The maximum atomic E-state index is 3.22. The van der Waals surface area contributed by atoms with Crippen LogP contribution in [0.1, 0.15) is 66.5 Å². The fraction of sp³-hybridized carbons (Fsp3) is 0.433. The third-order valence-electron chi connectivity index (χ3n) is 5.53. The number of allylic oxidation sites excluding steroid dienone is 4. The van der Waals surface area contributed by atoms with Crippen LogP contribution in [0.2, 0.25) is 13.1 Å². The van der Waals surface area contributed by atoms with E-state index in [9.17, 15) is 0 Å². The van der Waals surface area contributed by atoms with Gasteiger partial charge in [0, 0.05) is 0 Å². The summed E-state index contributed by atoms with van der Waals surface area (Å²) in [6.45, 7) is 22.5. The molecule has 0 saturated heterocycles. The van der Waals surface area contributed by atoms with Gasteiger partial charge in [0.05, 0.1) is 0 Å². The molecule has 0 amide bonds. The van der Waals surface area contributed by atoms with Gasteiger partial charge in [-0.2, -0.15) is 6.08 Å². The quantitative estimate of drug-likeness (QED) is 0.279. The zero-order valence-corrected chi connectivity index (χ0v) is 27.5. The Balaban J connectivity index is 0.000000702. The fourth-order valence-corrected chi connectivity index (χ4v) is 3.70. The van der Waals surface area contributed by atoms with Crippen LogP contribution in [0.5, 0.6) is 0 Å². The van der Waals surface area contributed by atoms with Crippen molar-refractivity contribution in [2.75, 3.05) is 0 Å². The molecule has 0 aliphatic heterocycles. The zero-order valence-electron chi connectivity index (χ0n) is 22.5. The monoisotopic (exact) mass is 588 g/mol. The maximum absolute atomic E-state index is 3.22. The summed E-state index contributed by atoms with van der Waals surface area (Å²) >= 11 is 1.74. The Labute approximate surface area is 236 Å².